The van der Waals surface area contributed by atoms with Gasteiger partial charge in [0, 0.05) is 12.6 Å². The zero-order valence-electron chi connectivity index (χ0n) is 12.6. The minimum atomic E-state index is -3.53. The van der Waals surface area contributed by atoms with Gasteiger partial charge in [-0.3, -0.25) is 0 Å². The maximum Gasteiger partial charge on any atom is 0.216 e. The Labute approximate surface area is 126 Å². The molecule has 1 unspecified atom stereocenters. The third-order valence-corrected chi connectivity index (χ3v) is 4.55. The fraction of sp³-hybridized carbons (Fsp3) is 0.533. The average molecular weight is 310 g/mol. The molecular weight excluding hydrogens is 288 g/mol. The first kappa shape index (κ1) is 17.6. The van der Waals surface area contributed by atoms with Crippen molar-refractivity contribution < 1.29 is 13.5 Å². The number of hydrogen-bond acceptors (Lipinski definition) is 4. The molecule has 0 spiro atoms. The van der Waals surface area contributed by atoms with E-state index < -0.39 is 10.0 Å². The lowest BCUT2D eigenvalue weighted by molar-refractivity contribution is 0.214. The molecule has 0 fully saturated rings. The Morgan fingerprint density at radius 1 is 1.38 bits per heavy atom. The molecule has 0 aliphatic heterocycles. The Balaban J connectivity index is 2.88. The van der Waals surface area contributed by atoms with Crippen LogP contribution in [0.5, 0.6) is 0 Å². The monoisotopic (exact) mass is 310 g/mol. The summed E-state index contributed by atoms with van der Waals surface area (Å²) in [5.74, 6) is -0.180. The molecule has 1 atom stereocenters. The lowest BCUT2D eigenvalue weighted by Crippen LogP contribution is -2.44. The highest BCUT2D eigenvalue weighted by atomic mass is 32.2. The smallest absolute Gasteiger partial charge is 0.216 e. The van der Waals surface area contributed by atoms with Gasteiger partial charge in [-0.2, -0.15) is 5.26 Å². The molecule has 0 radical (unpaired) electrons. The predicted molar refractivity (Wildman–Crippen MR) is 81.9 cm³/mol. The largest absolute Gasteiger partial charge is 0.396 e. The van der Waals surface area contributed by atoms with Crippen molar-refractivity contribution in [3.05, 3.63) is 35.4 Å². The number of hydrogen-bond donors (Lipinski definition) is 2. The van der Waals surface area contributed by atoms with Crippen molar-refractivity contribution in [1.29, 1.82) is 5.26 Å². The summed E-state index contributed by atoms with van der Waals surface area (Å²) in [5, 5.41) is 17.9. The van der Waals surface area contributed by atoms with E-state index in [-0.39, 0.29) is 23.8 Å². The maximum atomic E-state index is 12.3. The number of aliphatic hydroxyl groups is 1. The molecule has 0 aliphatic rings. The van der Waals surface area contributed by atoms with Crippen molar-refractivity contribution in [3.8, 4) is 6.07 Å². The van der Waals surface area contributed by atoms with Gasteiger partial charge in [0.25, 0.3) is 0 Å². The number of rotatable bonds is 6. The highest BCUT2D eigenvalue weighted by molar-refractivity contribution is 7.88. The van der Waals surface area contributed by atoms with E-state index in [0.717, 1.165) is 0 Å². The molecule has 0 saturated heterocycles. The van der Waals surface area contributed by atoms with Crippen LogP contribution in [0.3, 0.4) is 0 Å². The van der Waals surface area contributed by atoms with Crippen LogP contribution in [0.1, 0.15) is 38.3 Å². The Morgan fingerprint density at radius 2 is 2.05 bits per heavy atom. The summed E-state index contributed by atoms with van der Waals surface area (Å²) < 4.78 is 27.2. The molecule has 0 aliphatic carbocycles. The summed E-state index contributed by atoms with van der Waals surface area (Å²) >= 11 is 0. The minimum Gasteiger partial charge on any atom is -0.396 e. The topological polar surface area (TPSA) is 90.2 Å². The number of nitriles is 1. The molecule has 0 amide bonds. The molecule has 2 N–H and O–H groups in total. The van der Waals surface area contributed by atoms with Crippen molar-refractivity contribution in [2.24, 2.45) is 5.41 Å². The van der Waals surface area contributed by atoms with Crippen molar-refractivity contribution in [1.82, 2.24) is 4.72 Å². The minimum absolute atomic E-state index is 0.0750. The summed E-state index contributed by atoms with van der Waals surface area (Å²) in [7, 11) is -3.53. The zero-order valence-corrected chi connectivity index (χ0v) is 13.4. The molecule has 6 heteroatoms. The number of benzene rings is 1. The van der Waals surface area contributed by atoms with E-state index in [1.54, 1.807) is 24.3 Å². The molecule has 1 aromatic carbocycles. The van der Waals surface area contributed by atoms with E-state index in [0.29, 0.717) is 17.5 Å². The van der Waals surface area contributed by atoms with E-state index in [1.807, 2.05) is 26.8 Å². The van der Waals surface area contributed by atoms with Gasteiger partial charge in [-0.1, -0.05) is 32.9 Å². The van der Waals surface area contributed by atoms with Crippen molar-refractivity contribution in [2.75, 3.05) is 6.61 Å². The molecule has 21 heavy (non-hydrogen) atoms. The van der Waals surface area contributed by atoms with Gasteiger partial charge in [-0.15, -0.1) is 0 Å². The Morgan fingerprint density at radius 3 is 2.57 bits per heavy atom. The van der Waals surface area contributed by atoms with Crippen LogP contribution in [0.4, 0.5) is 0 Å². The van der Waals surface area contributed by atoms with Crippen LogP contribution in [0.25, 0.3) is 0 Å². The fourth-order valence-electron chi connectivity index (χ4n) is 2.01. The van der Waals surface area contributed by atoms with Gasteiger partial charge in [-0.05, 0) is 29.5 Å². The second-order valence-corrected chi connectivity index (χ2v) is 7.87. The van der Waals surface area contributed by atoms with E-state index in [1.165, 1.54) is 0 Å². The number of nitrogens with zero attached hydrogens (tertiary/aromatic N) is 1. The highest BCUT2D eigenvalue weighted by Gasteiger charge is 2.28. The van der Waals surface area contributed by atoms with Crippen LogP contribution >= 0.6 is 0 Å². The molecule has 1 aromatic rings. The first-order valence-corrected chi connectivity index (χ1v) is 8.43. The average Bonchev–Trinajstić information content (AvgIpc) is 2.36. The predicted octanol–water partition coefficient (Wildman–Crippen LogP) is 1.77. The molecule has 1 rings (SSSR count). The second kappa shape index (κ2) is 7.03. The van der Waals surface area contributed by atoms with E-state index >= 15 is 0 Å². The lowest BCUT2D eigenvalue weighted by atomic mass is 9.86. The van der Waals surface area contributed by atoms with Crippen LogP contribution in [-0.4, -0.2) is 26.2 Å². The summed E-state index contributed by atoms with van der Waals surface area (Å²) in [6.07, 6.45) is 0.362. The van der Waals surface area contributed by atoms with Crippen LogP contribution in [0.15, 0.2) is 24.3 Å². The molecule has 0 saturated carbocycles. The molecule has 0 heterocycles. The van der Waals surface area contributed by atoms with Crippen molar-refractivity contribution in [2.45, 2.75) is 39.0 Å². The highest BCUT2D eigenvalue weighted by Crippen LogP contribution is 2.23. The normalized spacial score (nSPS) is 13.7. The number of sulfonamides is 1. The summed E-state index contributed by atoms with van der Waals surface area (Å²) in [4.78, 5) is 0. The third-order valence-electron chi connectivity index (χ3n) is 3.20. The molecular formula is C15H22N2O3S. The third kappa shape index (κ3) is 5.84. The molecule has 5 nitrogen and oxygen atoms in total. The first-order valence-electron chi connectivity index (χ1n) is 6.78. The van der Waals surface area contributed by atoms with Crippen molar-refractivity contribution >= 4 is 10.0 Å². The van der Waals surface area contributed by atoms with Crippen LogP contribution in [0.2, 0.25) is 0 Å². The van der Waals surface area contributed by atoms with E-state index in [9.17, 15) is 8.42 Å². The van der Waals surface area contributed by atoms with Crippen molar-refractivity contribution in [3.63, 3.8) is 0 Å². The number of aliphatic hydroxyl groups excluding tert-OH is 1. The fourth-order valence-corrected chi connectivity index (χ4v) is 3.61. The SMILES string of the molecule is CC(C)(C)C(CCO)NS(=O)(=O)Cc1cccc(C#N)c1. The van der Waals surface area contributed by atoms with Gasteiger partial charge in [0.2, 0.25) is 10.0 Å². The summed E-state index contributed by atoms with van der Waals surface area (Å²) in [6, 6.07) is 8.19. The van der Waals surface area contributed by atoms with Crippen LogP contribution in [-0.2, 0) is 15.8 Å². The Bertz CT molecular complexity index is 613. The number of nitrogens with one attached hydrogen (secondary N) is 1. The van der Waals surface area contributed by atoms with Gasteiger partial charge < -0.3 is 5.11 Å². The van der Waals surface area contributed by atoms with Gasteiger partial charge in [0.15, 0.2) is 0 Å². The quantitative estimate of drug-likeness (QED) is 0.838. The summed E-state index contributed by atoms with van der Waals surface area (Å²) in [5.41, 5.74) is 0.716. The van der Waals surface area contributed by atoms with Crippen LogP contribution in [0, 0.1) is 16.7 Å². The van der Waals surface area contributed by atoms with Gasteiger partial charge in [-0.25, -0.2) is 13.1 Å². The zero-order chi connectivity index (χ0) is 16.1. The molecule has 0 aromatic heterocycles. The lowest BCUT2D eigenvalue weighted by Gasteiger charge is -2.30. The van der Waals surface area contributed by atoms with Gasteiger partial charge in [0.1, 0.15) is 0 Å². The van der Waals surface area contributed by atoms with Crippen LogP contribution < -0.4 is 4.72 Å². The van der Waals surface area contributed by atoms with Gasteiger partial charge in [0.05, 0.1) is 17.4 Å². The Kier molecular flexibility index (Phi) is 5.90. The summed E-state index contributed by atoms with van der Waals surface area (Å²) in [6.45, 7) is 5.69. The standard InChI is InChI=1S/C15H22N2O3S/c1-15(2,3)14(7-8-18)17-21(19,20)11-13-6-4-5-12(9-13)10-16/h4-6,9,14,17-18H,7-8,11H2,1-3H3. The first-order chi connectivity index (χ1) is 9.68. The van der Waals surface area contributed by atoms with E-state index in [4.69, 9.17) is 10.4 Å². The molecule has 116 valence electrons. The Hall–Kier alpha value is -1.42. The van der Waals surface area contributed by atoms with Gasteiger partial charge >= 0.3 is 0 Å². The van der Waals surface area contributed by atoms with E-state index in [2.05, 4.69) is 4.72 Å². The maximum absolute atomic E-state index is 12.3. The molecule has 0 bridgehead atoms. The second-order valence-electron chi connectivity index (χ2n) is 6.12.